The van der Waals surface area contributed by atoms with Gasteiger partial charge in [-0.1, -0.05) is 58.4 Å². The van der Waals surface area contributed by atoms with E-state index in [0.717, 1.165) is 12.0 Å². The Morgan fingerprint density at radius 2 is 1.69 bits per heavy atom. The summed E-state index contributed by atoms with van der Waals surface area (Å²) in [5.41, 5.74) is 9.85. The monoisotopic (exact) mass is 357 g/mol. The number of rotatable bonds is 3. The number of aromatic nitrogens is 2. The van der Waals surface area contributed by atoms with Gasteiger partial charge < -0.3 is 10.5 Å². The van der Waals surface area contributed by atoms with E-state index in [1.54, 1.807) is 0 Å². The first kappa shape index (κ1) is 20.0. The Labute approximate surface area is 156 Å². The number of ether oxygens (including phenoxy) is 1. The van der Waals surface area contributed by atoms with Crippen molar-refractivity contribution in [3.05, 3.63) is 35.5 Å². The molecule has 0 radical (unpaired) electrons. The fourth-order valence-corrected chi connectivity index (χ4v) is 2.74. The van der Waals surface area contributed by atoms with Gasteiger partial charge in [-0.25, -0.2) is 4.79 Å². The van der Waals surface area contributed by atoms with Gasteiger partial charge in [0.1, 0.15) is 11.3 Å². The highest BCUT2D eigenvalue weighted by atomic mass is 16.6. The van der Waals surface area contributed by atoms with Crippen LogP contribution in [0.5, 0.6) is 0 Å². The van der Waals surface area contributed by atoms with E-state index in [9.17, 15) is 4.79 Å². The number of nitrogens with two attached hydrogens (primary N) is 1. The molecule has 0 unspecified atom stereocenters. The van der Waals surface area contributed by atoms with E-state index in [1.165, 1.54) is 10.2 Å². The molecular weight excluding hydrogens is 326 g/mol. The van der Waals surface area contributed by atoms with E-state index in [4.69, 9.17) is 10.5 Å². The predicted molar refractivity (Wildman–Crippen MR) is 106 cm³/mol. The molecule has 0 saturated carbocycles. The van der Waals surface area contributed by atoms with Crippen LogP contribution in [0.25, 0.3) is 11.3 Å². The lowest BCUT2D eigenvalue weighted by molar-refractivity contribution is 0.0510. The minimum Gasteiger partial charge on any atom is -0.442 e. The molecule has 26 heavy (non-hydrogen) atoms. The quantitative estimate of drug-likeness (QED) is 0.823. The minimum atomic E-state index is -0.587. The first-order chi connectivity index (χ1) is 11.9. The molecule has 5 nitrogen and oxygen atoms in total. The molecule has 0 aliphatic carbocycles. The number of hydrogen-bond donors (Lipinski definition) is 1. The molecular formula is C21H31N3O2. The third-order valence-corrected chi connectivity index (χ3v) is 4.10. The lowest BCUT2D eigenvalue weighted by Gasteiger charge is -2.19. The molecule has 0 atom stereocenters. The highest BCUT2D eigenvalue weighted by molar-refractivity contribution is 5.80. The number of anilines is 1. The maximum Gasteiger partial charge on any atom is 0.435 e. The summed E-state index contributed by atoms with van der Waals surface area (Å²) in [6.45, 7) is 14.1. The Morgan fingerprint density at radius 1 is 1.12 bits per heavy atom. The van der Waals surface area contributed by atoms with Crippen molar-refractivity contribution in [2.45, 2.75) is 72.3 Å². The van der Waals surface area contributed by atoms with Crippen LogP contribution in [0.2, 0.25) is 0 Å². The third-order valence-electron chi connectivity index (χ3n) is 4.10. The van der Waals surface area contributed by atoms with Crippen LogP contribution in [0.4, 0.5) is 10.5 Å². The summed E-state index contributed by atoms with van der Waals surface area (Å²) in [6.07, 6.45) is 1.03. The predicted octanol–water partition coefficient (Wildman–Crippen LogP) is 5.17. The molecule has 0 aliphatic heterocycles. The van der Waals surface area contributed by atoms with Crippen molar-refractivity contribution >= 4 is 11.8 Å². The Morgan fingerprint density at radius 3 is 2.15 bits per heavy atom. The second-order valence-corrected chi connectivity index (χ2v) is 8.68. The average Bonchev–Trinajstić information content (AvgIpc) is 2.83. The van der Waals surface area contributed by atoms with Gasteiger partial charge in [-0.2, -0.15) is 9.78 Å². The van der Waals surface area contributed by atoms with Gasteiger partial charge in [0, 0.05) is 5.56 Å². The van der Waals surface area contributed by atoms with Crippen LogP contribution in [0, 0.1) is 0 Å². The van der Waals surface area contributed by atoms with Crippen LogP contribution in [0.1, 0.15) is 66.1 Å². The van der Waals surface area contributed by atoms with Gasteiger partial charge in [-0.3, -0.25) is 0 Å². The van der Waals surface area contributed by atoms with Gasteiger partial charge in [0.15, 0.2) is 0 Å². The molecule has 0 spiro atoms. The molecule has 5 heteroatoms. The topological polar surface area (TPSA) is 70.1 Å². The number of carbonyl (C=O) groups is 1. The Bertz CT molecular complexity index is 775. The number of nitrogen functional groups attached to an aromatic ring is 1. The first-order valence-electron chi connectivity index (χ1n) is 9.15. The zero-order chi connectivity index (χ0) is 19.7. The van der Waals surface area contributed by atoms with Gasteiger partial charge >= 0.3 is 6.09 Å². The average molecular weight is 357 g/mol. The molecule has 1 aromatic heterocycles. The van der Waals surface area contributed by atoms with Crippen molar-refractivity contribution in [1.82, 2.24) is 9.78 Å². The Hall–Kier alpha value is -2.30. The van der Waals surface area contributed by atoms with Gasteiger partial charge in [-0.05, 0) is 38.2 Å². The summed E-state index contributed by atoms with van der Waals surface area (Å²) in [5.74, 6) is 0. The van der Waals surface area contributed by atoms with E-state index in [-0.39, 0.29) is 5.41 Å². The largest absolute Gasteiger partial charge is 0.442 e. The summed E-state index contributed by atoms with van der Waals surface area (Å²) >= 11 is 0. The summed E-state index contributed by atoms with van der Waals surface area (Å²) in [7, 11) is 0. The zero-order valence-electron chi connectivity index (χ0n) is 17.0. The highest BCUT2D eigenvalue weighted by Gasteiger charge is 2.25. The van der Waals surface area contributed by atoms with Crippen LogP contribution in [0.15, 0.2) is 24.3 Å². The maximum atomic E-state index is 12.6. The Balaban J connectivity index is 2.47. The molecule has 0 aliphatic rings. The van der Waals surface area contributed by atoms with Crippen LogP contribution in [-0.2, 0) is 16.6 Å². The lowest BCUT2D eigenvalue weighted by Crippen LogP contribution is -2.28. The number of nitrogens with zero attached hydrogens (tertiary/aromatic N) is 2. The molecule has 0 bridgehead atoms. The van der Waals surface area contributed by atoms with Crippen LogP contribution in [0.3, 0.4) is 0 Å². The highest BCUT2D eigenvalue weighted by Crippen LogP contribution is 2.31. The molecule has 2 rings (SSSR count). The zero-order valence-corrected chi connectivity index (χ0v) is 17.0. The van der Waals surface area contributed by atoms with Gasteiger partial charge in [0.2, 0.25) is 0 Å². The van der Waals surface area contributed by atoms with E-state index in [1.807, 2.05) is 39.8 Å². The van der Waals surface area contributed by atoms with E-state index in [0.29, 0.717) is 23.5 Å². The van der Waals surface area contributed by atoms with Crippen LogP contribution < -0.4 is 5.73 Å². The SMILES string of the molecule is CCCc1c(N)c(-c2ccc(C(C)(C)C)cc2)nn1C(=O)OC(C)(C)C. The van der Waals surface area contributed by atoms with Crippen LogP contribution >= 0.6 is 0 Å². The lowest BCUT2D eigenvalue weighted by atomic mass is 9.86. The molecule has 0 fully saturated rings. The number of hydrogen-bond acceptors (Lipinski definition) is 4. The van der Waals surface area contributed by atoms with Crippen molar-refractivity contribution in [2.75, 3.05) is 5.73 Å². The fourth-order valence-electron chi connectivity index (χ4n) is 2.74. The molecule has 2 N–H and O–H groups in total. The summed E-state index contributed by atoms with van der Waals surface area (Å²) < 4.78 is 6.80. The van der Waals surface area contributed by atoms with Crippen LogP contribution in [-0.4, -0.2) is 21.5 Å². The molecule has 142 valence electrons. The molecule has 1 aromatic carbocycles. The smallest absolute Gasteiger partial charge is 0.435 e. The minimum absolute atomic E-state index is 0.0767. The molecule has 0 saturated heterocycles. The number of carbonyl (C=O) groups excluding carboxylic acids is 1. The van der Waals surface area contributed by atoms with E-state index >= 15 is 0 Å². The maximum absolute atomic E-state index is 12.6. The Kier molecular flexibility index (Phi) is 5.49. The van der Waals surface area contributed by atoms with Crippen molar-refractivity contribution in [2.24, 2.45) is 0 Å². The second kappa shape index (κ2) is 7.14. The second-order valence-electron chi connectivity index (χ2n) is 8.68. The third kappa shape index (κ3) is 4.45. The molecule has 0 amide bonds. The first-order valence-corrected chi connectivity index (χ1v) is 9.15. The van der Waals surface area contributed by atoms with Gasteiger partial charge in [0.25, 0.3) is 0 Å². The summed E-state index contributed by atoms with van der Waals surface area (Å²) in [4.78, 5) is 12.6. The van der Waals surface area contributed by atoms with Gasteiger partial charge in [-0.15, -0.1) is 0 Å². The van der Waals surface area contributed by atoms with Gasteiger partial charge in [0.05, 0.1) is 11.4 Å². The van der Waals surface area contributed by atoms with Crippen molar-refractivity contribution < 1.29 is 9.53 Å². The van der Waals surface area contributed by atoms with Crippen molar-refractivity contribution in [3.63, 3.8) is 0 Å². The molecule has 2 aromatic rings. The van der Waals surface area contributed by atoms with Crippen molar-refractivity contribution in [3.8, 4) is 11.3 Å². The fraction of sp³-hybridized carbons (Fsp3) is 0.524. The standard InChI is InChI=1S/C21H31N3O2/c1-8-9-16-17(22)18(23-24(16)19(25)26-21(5,6)7)14-10-12-15(13-11-14)20(2,3)4/h10-13H,8-9,22H2,1-7H3. The summed E-state index contributed by atoms with van der Waals surface area (Å²) in [5, 5.41) is 4.49. The van der Waals surface area contributed by atoms with E-state index < -0.39 is 11.7 Å². The molecule has 1 heterocycles. The van der Waals surface area contributed by atoms with E-state index in [2.05, 4.69) is 38.0 Å². The normalized spacial score (nSPS) is 12.3. The summed E-state index contributed by atoms with van der Waals surface area (Å²) in [6, 6.07) is 8.18. The number of benzene rings is 1. The van der Waals surface area contributed by atoms with Crippen molar-refractivity contribution in [1.29, 1.82) is 0 Å².